The highest BCUT2D eigenvalue weighted by Gasteiger charge is 2.26. The number of hydrogen-bond donors (Lipinski definition) is 1. The summed E-state index contributed by atoms with van der Waals surface area (Å²) in [5, 5.41) is 0.506. The molecular weight excluding hydrogens is 473 g/mol. The van der Waals surface area contributed by atoms with Crippen LogP contribution in [0.5, 0.6) is 0 Å². The molecule has 1 N–H and O–H groups in total. The highest BCUT2D eigenvalue weighted by Crippen LogP contribution is 2.26. The lowest BCUT2D eigenvalue weighted by atomic mass is 10.2. The molecule has 0 aliphatic carbocycles. The number of benzene rings is 2. The Hall–Kier alpha value is -2.88. The number of halogens is 2. The monoisotopic (exact) mass is 491 g/mol. The van der Waals surface area contributed by atoms with Crippen LogP contribution in [0.25, 0.3) is 0 Å². The first-order valence-electron chi connectivity index (χ1n) is 9.73. The van der Waals surface area contributed by atoms with Crippen molar-refractivity contribution in [1.82, 2.24) is 14.9 Å². The van der Waals surface area contributed by atoms with Gasteiger partial charge in [0.1, 0.15) is 4.90 Å². The number of carbonyl (C=O) groups is 1. The number of anilines is 2. The largest absolute Gasteiger partial charge is 0.337 e. The Morgan fingerprint density at radius 3 is 2.25 bits per heavy atom. The first-order chi connectivity index (χ1) is 15.3. The zero-order chi connectivity index (χ0) is 22.7. The van der Waals surface area contributed by atoms with Crippen molar-refractivity contribution < 1.29 is 13.2 Å². The average molecular weight is 492 g/mol. The quantitative estimate of drug-likeness (QED) is 0.586. The maximum absolute atomic E-state index is 13.0. The van der Waals surface area contributed by atoms with Crippen LogP contribution in [0, 0.1) is 0 Å². The van der Waals surface area contributed by atoms with E-state index in [0.29, 0.717) is 42.8 Å². The van der Waals surface area contributed by atoms with Crippen LogP contribution < -0.4 is 9.62 Å². The Morgan fingerprint density at radius 1 is 0.938 bits per heavy atom. The van der Waals surface area contributed by atoms with Crippen LogP contribution in [-0.4, -0.2) is 55.4 Å². The van der Waals surface area contributed by atoms with Crippen molar-refractivity contribution in [3.8, 4) is 0 Å². The van der Waals surface area contributed by atoms with Crippen molar-refractivity contribution in [3.63, 3.8) is 0 Å². The Bertz CT molecular complexity index is 1220. The number of hydrogen-bond acceptors (Lipinski definition) is 6. The van der Waals surface area contributed by atoms with Crippen molar-refractivity contribution in [2.75, 3.05) is 35.8 Å². The molecule has 8 nitrogen and oxygen atoms in total. The molecule has 1 saturated heterocycles. The number of rotatable bonds is 5. The van der Waals surface area contributed by atoms with Crippen molar-refractivity contribution in [3.05, 3.63) is 76.5 Å². The van der Waals surface area contributed by atoms with Crippen LogP contribution in [0.15, 0.2) is 65.8 Å². The molecule has 2 heterocycles. The van der Waals surface area contributed by atoms with E-state index >= 15 is 0 Å². The number of nitrogens with zero attached hydrogens (tertiary/aromatic N) is 4. The van der Waals surface area contributed by atoms with E-state index in [1.54, 1.807) is 47.6 Å². The molecular formula is C21H19Cl2N5O3S. The molecule has 0 radical (unpaired) electrons. The molecule has 1 aliphatic heterocycles. The molecule has 0 saturated carbocycles. The van der Waals surface area contributed by atoms with E-state index in [1.165, 1.54) is 18.2 Å². The van der Waals surface area contributed by atoms with Gasteiger partial charge in [-0.1, -0.05) is 23.2 Å². The topological polar surface area (TPSA) is 95.5 Å². The number of piperazine rings is 1. The van der Waals surface area contributed by atoms with Gasteiger partial charge in [0.2, 0.25) is 5.95 Å². The number of carbonyl (C=O) groups excluding carboxylic acids is 1. The molecule has 3 aromatic rings. The van der Waals surface area contributed by atoms with Gasteiger partial charge < -0.3 is 9.80 Å². The zero-order valence-electron chi connectivity index (χ0n) is 16.8. The summed E-state index contributed by atoms with van der Waals surface area (Å²) in [7, 11) is -4.01. The second kappa shape index (κ2) is 9.32. The molecule has 11 heteroatoms. The number of sulfonamides is 1. The predicted molar refractivity (Wildman–Crippen MR) is 124 cm³/mol. The summed E-state index contributed by atoms with van der Waals surface area (Å²) in [6.45, 7) is 2.08. The molecule has 0 unspecified atom stereocenters. The summed E-state index contributed by atoms with van der Waals surface area (Å²) in [6.07, 6.45) is 3.35. The van der Waals surface area contributed by atoms with Crippen LogP contribution >= 0.6 is 23.2 Å². The summed E-state index contributed by atoms with van der Waals surface area (Å²) in [5.41, 5.74) is 0.580. The lowest BCUT2D eigenvalue weighted by Crippen LogP contribution is -2.49. The Balaban J connectivity index is 1.49. The van der Waals surface area contributed by atoms with Gasteiger partial charge in [-0.05, 0) is 48.5 Å². The van der Waals surface area contributed by atoms with Gasteiger partial charge >= 0.3 is 0 Å². The smallest absolute Gasteiger partial charge is 0.263 e. The minimum absolute atomic E-state index is 0.0223. The van der Waals surface area contributed by atoms with E-state index < -0.39 is 10.0 Å². The summed E-state index contributed by atoms with van der Waals surface area (Å²) in [5.74, 6) is 0.353. The Morgan fingerprint density at radius 2 is 1.59 bits per heavy atom. The van der Waals surface area contributed by atoms with Crippen molar-refractivity contribution in [1.29, 1.82) is 0 Å². The van der Waals surface area contributed by atoms with E-state index in [2.05, 4.69) is 14.7 Å². The van der Waals surface area contributed by atoms with Crippen LogP contribution in [0.1, 0.15) is 10.4 Å². The predicted octanol–water partition coefficient (Wildman–Crippen LogP) is 3.55. The summed E-state index contributed by atoms with van der Waals surface area (Å²) >= 11 is 12.0. The maximum Gasteiger partial charge on any atom is 0.263 e. The van der Waals surface area contributed by atoms with Crippen molar-refractivity contribution >= 4 is 50.8 Å². The second-order valence-corrected chi connectivity index (χ2v) is 9.58. The minimum Gasteiger partial charge on any atom is -0.337 e. The Labute approximate surface area is 195 Å². The third-order valence-electron chi connectivity index (χ3n) is 4.97. The first-order valence-corrected chi connectivity index (χ1v) is 12.0. The fourth-order valence-corrected chi connectivity index (χ4v) is 5.03. The molecule has 32 heavy (non-hydrogen) atoms. The molecule has 1 fully saturated rings. The summed E-state index contributed by atoms with van der Waals surface area (Å²) in [6, 6.07) is 12.2. The molecule has 2 aromatic carbocycles. The SMILES string of the molecule is O=C(c1ccc(Cl)c(S(=O)(=O)Nc2ccc(Cl)cc2)c1)N1CCN(c2ncccn2)CC1. The van der Waals surface area contributed by atoms with Crippen LogP contribution in [0.3, 0.4) is 0 Å². The van der Waals surface area contributed by atoms with Gasteiger partial charge in [0.05, 0.1) is 5.02 Å². The molecule has 1 aromatic heterocycles. The van der Waals surface area contributed by atoms with Crippen LogP contribution in [0.4, 0.5) is 11.6 Å². The maximum atomic E-state index is 13.0. The Kier molecular flexibility index (Phi) is 6.50. The lowest BCUT2D eigenvalue weighted by Gasteiger charge is -2.34. The second-order valence-electron chi connectivity index (χ2n) is 7.09. The van der Waals surface area contributed by atoms with Gasteiger partial charge in [0, 0.05) is 54.8 Å². The van der Waals surface area contributed by atoms with Crippen molar-refractivity contribution in [2.24, 2.45) is 0 Å². The molecule has 166 valence electrons. The molecule has 0 spiro atoms. The summed E-state index contributed by atoms with van der Waals surface area (Å²) < 4.78 is 28.2. The summed E-state index contributed by atoms with van der Waals surface area (Å²) in [4.78, 5) is 25.0. The minimum atomic E-state index is -4.01. The van der Waals surface area contributed by atoms with Crippen LogP contribution in [-0.2, 0) is 10.0 Å². The average Bonchev–Trinajstić information content (AvgIpc) is 2.81. The fourth-order valence-electron chi connectivity index (χ4n) is 3.32. The lowest BCUT2D eigenvalue weighted by molar-refractivity contribution is 0.0746. The van der Waals surface area contributed by atoms with E-state index in [0.717, 1.165) is 0 Å². The third-order valence-corrected chi connectivity index (χ3v) is 7.08. The van der Waals surface area contributed by atoms with Crippen molar-refractivity contribution in [2.45, 2.75) is 4.90 Å². The van der Waals surface area contributed by atoms with Gasteiger partial charge in [0.25, 0.3) is 15.9 Å². The number of aromatic nitrogens is 2. The zero-order valence-corrected chi connectivity index (χ0v) is 19.1. The normalized spacial score (nSPS) is 14.3. The number of amides is 1. The van der Waals surface area contributed by atoms with Gasteiger partial charge in [-0.2, -0.15) is 0 Å². The molecule has 0 atom stereocenters. The van der Waals surface area contributed by atoms with E-state index in [1.807, 2.05) is 4.90 Å². The van der Waals surface area contributed by atoms with Gasteiger partial charge in [-0.15, -0.1) is 0 Å². The van der Waals surface area contributed by atoms with Gasteiger partial charge in [-0.3, -0.25) is 9.52 Å². The first kappa shape index (κ1) is 22.3. The molecule has 0 bridgehead atoms. The van der Waals surface area contributed by atoms with E-state index in [9.17, 15) is 13.2 Å². The molecule has 4 rings (SSSR count). The standard InChI is InChI=1S/C21H19Cl2N5O3S/c22-16-3-5-17(6-4-16)26-32(30,31)19-14-15(2-7-18(19)23)20(29)27-10-12-28(13-11-27)21-24-8-1-9-25-21/h1-9,14,26H,10-13H2. The number of nitrogens with one attached hydrogen (secondary N) is 1. The molecule has 1 amide bonds. The third kappa shape index (κ3) is 4.95. The van der Waals surface area contributed by atoms with Crippen LogP contribution in [0.2, 0.25) is 10.0 Å². The van der Waals surface area contributed by atoms with Gasteiger partial charge in [0.15, 0.2) is 0 Å². The highest BCUT2D eigenvalue weighted by atomic mass is 35.5. The fraction of sp³-hybridized carbons (Fsp3) is 0.190. The van der Waals surface area contributed by atoms with Gasteiger partial charge in [-0.25, -0.2) is 18.4 Å². The molecule has 1 aliphatic rings. The van der Waals surface area contributed by atoms with E-state index in [4.69, 9.17) is 23.2 Å². The highest BCUT2D eigenvalue weighted by molar-refractivity contribution is 7.92. The van der Waals surface area contributed by atoms with E-state index in [-0.39, 0.29) is 21.4 Å².